The van der Waals surface area contributed by atoms with Gasteiger partial charge in [0.2, 0.25) is 0 Å². The number of carbonyl (C=O) groups excluding carboxylic acids is 1. The summed E-state index contributed by atoms with van der Waals surface area (Å²) >= 11 is 9.58. The number of hydrogen-bond donors (Lipinski definition) is 1. The molecule has 4 nitrogen and oxygen atoms in total. The summed E-state index contributed by atoms with van der Waals surface area (Å²) in [6.45, 7) is 1.48. The molecule has 2 atom stereocenters. The smallest absolute Gasteiger partial charge is 0.174 e. The summed E-state index contributed by atoms with van der Waals surface area (Å²) in [5.74, 6) is 0.860. The number of carbonyl (C=O) groups is 1. The standard InChI is InChI=1S/C32H32ClNO3S2/c1-23(35)22-37-34-28(19-20-38-29-17-11-27(33)12-18-29)21-24-7-13-30(14-8-24)39-31-15-9-26(10-16-31)32(36)25-5-3-2-4-6-25/h2-17,29,32,36H,18-22H2,1H3/b34-28+. The summed E-state index contributed by atoms with van der Waals surface area (Å²) < 4.78 is 0. The number of hydrogen-bond acceptors (Lipinski definition) is 6. The van der Waals surface area contributed by atoms with Gasteiger partial charge < -0.3 is 9.94 Å². The minimum Gasteiger partial charge on any atom is -0.388 e. The number of halogens is 1. The maximum absolute atomic E-state index is 11.3. The Bertz CT molecular complexity index is 1310. The number of Topliss-reactive ketones (excluding diaryl/α,β-unsaturated/α-hetero) is 1. The summed E-state index contributed by atoms with van der Waals surface area (Å²) in [5, 5.41) is 16.1. The summed E-state index contributed by atoms with van der Waals surface area (Å²) in [6.07, 6.45) is 7.90. The van der Waals surface area contributed by atoms with Crippen LogP contribution in [0.15, 0.2) is 117 Å². The van der Waals surface area contributed by atoms with Crippen molar-refractivity contribution < 1.29 is 14.7 Å². The lowest BCUT2D eigenvalue weighted by Crippen LogP contribution is -2.10. The van der Waals surface area contributed by atoms with Crippen molar-refractivity contribution in [2.45, 2.75) is 47.3 Å². The number of ketones is 1. The van der Waals surface area contributed by atoms with Crippen molar-refractivity contribution in [2.75, 3.05) is 12.4 Å². The number of aliphatic hydroxyl groups is 1. The van der Waals surface area contributed by atoms with E-state index in [2.05, 4.69) is 35.5 Å². The van der Waals surface area contributed by atoms with E-state index in [1.165, 1.54) is 6.92 Å². The second-order valence-electron chi connectivity index (χ2n) is 9.28. The van der Waals surface area contributed by atoms with Gasteiger partial charge in [-0.25, -0.2) is 0 Å². The lowest BCUT2D eigenvalue weighted by molar-refractivity contribution is -0.121. The van der Waals surface area contributed by atoms with Crippen molar-refractivity contribution in [3.05, 3.63) is 119 Å². The van der Waals surface area contributed by atoms with E-state index in [9.17, 15) is 9.90 Å². The van der Waals surface area contributed by atoms with Crippen molar-refractivity contribution in [1.82, 2.24) is 0 Å². The number of nitrogens with zero attached hydrogens (tertiary/aromatic N) is 1. The van der Waals surface area contributed by atoms with E-state index < -0.39 is 6.10 Å². The Hall–Kier alpha value is -2.77. The van der Waals surface area contributed by atoms with Gasteiger partial charge in [0, 0.05) is 26.5 Å². The highest BCUT2D eigenvalue weighted by molar-refractivity contribution is 8.00. The first-order valence-electron chi connectivity index (χ1n) is 12.9. The average molecular weight is 578 g/mol. The predicted molar refractivity (Wildman–Crippen MR) is 164 cm³/mol. The van der Waals surface area contributed by atoms with E-state index in [1.807, 2.05) is 78.5 Å². The Morgan fingerprint density at radius 3 is 2.33 bits per heavy atom. The van der Waals surface area contributed by atoms with E-state index in [0.29, 0.717) is 11.7 Å². The minimum atomic E-state index is -0.632. The molecule has 0 heterocycles. The Kier molecular flexibility index (Phi) is 11.3. The van der Waals surface area contributed by atoms with E-state index in [1.54, 1.807) is 11.8 Å². The lowest BCUT2D eigenvalue weighted by Gasteiger charge is -2.14. The Labute approximate surface area is 244 Å². The SMILES string of the molecule is CC(=O)CO/N=C(\CCSC1C=CC(Cl)=CC1)Cc1ccc(Sc2ccc(C(O)c3ccccc3)cc2)cc1. The number of aliphatic hydroxyl groups excluding tert-OH is 1. The van der Waals surface area contributed by atoms with Gasteiger partial charge in [0.1, 0.15) is 6.10 Å². The van der Waals surface area contributed by atoms with Gasteiger partial charge in [-0.3, -0.25) is 4.79 Å². The molecule has 0 fully saturated rings. The number of benzene rings is 3. The molecule has 202 valence electrons. The van der Waals surface area contributed by atoms with Crippen LogP contribution >= 0.6 is 35.1 Å². The zero-order valence-electron chi connectivity index (χ0n) is 21.8. The normalized spacial score (nSPS) is 16.0. The molecule has 1 aliphatic carbocycles. The van der Waals surface area contributed by atoms with Crippen LogP contribution in [-0.4, -0.2) is 34.2 Å². The van der Waals surface area contributed by atoms with Crippen LogP contribution in [0.4, 0.5) is 0 Å². The summed E-state index contributed by atoms with van der Waals surface area (Å²) in [5.41, 5.74) is 3.82. The molecule has 0 amide bonds. The molecule has 3 aromatic rings. The molecule has 1 aliphatic rings. The van der Waals surface area contributed by atoms with Gasteiger partial charge in [-0.1, -0.05) is 95.3 Å². The third-order valence-corrected chi connectivity index (χ3v) is 8.59. The van der Waals surface area contributed by atoms with Gasteiger partial charge >= 0.3 is 0 Å². The first kappa shape index (κ1) is 29.2. The van der Waals surface area contributed by atoms with Crippen LogP contribution in [0.5, 0.6) is 0 Å². The highest BCUT2D eigenvalue weighted by atomic mass is 35.5. The molecular weight excluding hydrogens is 546 g/mol. The average Bonchev–Trinajstić information content (AvgIpc) is 2.95. The molecule has 0 saturated carbocycles. The summed E-state index contributed by atoms with van der Waals surface area (Å²) in [7, 11) is 0. The predicted octanol–water partition coefficient (Wildman–Crippen LogP) is 8.00. The summed E-state index contributed by atoms with van der Waals surface area (Å²) in [4.78, 5) is 18.8. The van der Waals surface area contributed by atoms with Crippen LogP contribution in [-0.2, 0) is 16.1 Å². The largest absolute Gasteiger partial charge is 0.388 e. The molecule has 3 aromatic carbocycles. The zero-order valence-corrected chi connectivity index (χ0v) is 24.2. The third-order valence-electron chi connectivity index (χ3n) is 6.08. The molecule has 0 aromatic heterocycles. The molecule has 39 heavy (non-hydrogen) atoms. The Morgan fingerprint density at radius 2 is 1.69 bits per heavy atom. The number of oxime groups is 1. The van der Waals surface area contributed by atoms with Crippen molar-refractivity contribution in [3.63, 3.8) is 0 Å². The highest BCUT2D eigenvalue weighted by Crippen LogP contribution is 2.30. The topological polar surface area (TPSA) is 58.9 Å². The molecule has 0 saturated heterocycles. The fourth-order valence-electron chi connectivity index (χ4n) is 4.00. The van der Waals surface area contributed by atoms with Crippen molar-refractivity contribution in [1.29, 1.82) is 0 Å². The van der Waals surface area contributed by atoms with Crippen LogP contribution in [0.2, 0.25) is 0 Å². The molecule has 0 spiro atoms. The highest BCUT2D eigenvalue weighted by Gasteiger charge is 2.12. The first-order chi connectivity index (χ1) is 19.0. The van der Waals surface area contributed by atoms with Crippen molar-refractivity contribution >= 4 is 46.6 Å². The third kappa shape index (κ3) is 9.73. The van der Waals surface area contributed by atoms with Crippen LogP contribution in [0.3, 0.4) is 0 Å². The monoisotopic (exact) mass is 577 g/mol. The van der Waals surface area contributed by atoms with Gasteiger partial charge in [-0.2, -0.15) is 11.8 Å². The fourth-order valence-corrected chi connectivity index (χ4v) is 6.06. The summed E-state index contributed by atoms with van der Waals surface area (Å²) in [6, 6.07) is 26.2. The Balaban J connectivity index is 1.32. The molecule has 7 heteroatoms. The second kappa shape index (κ2) is 15.1. The van der Waals surface area contributed by atoms with Gasteiger partial charge in [0.15, 0.2) is 12.4 Å². The van der Waals surface area contributed by atoms with E-state index in [0.717, 1.165) is 55.8 Å². The minimum absolute atomic E-state index is 0.0119. The molecular formula is C32H32ClNO3S2. The van der Waals surface area contributed by atoms with Crippen molar-refractivity contribution in [2.24, 2.45) is 5.16 Å². The van der Waals surface area contributed by atoms with Gasteiger partial charge in [-0.15, -0.1) is 0 Å². The molecule has 0 radical (unpaired) electrons. The lowest BCUT2D eigenvalue weighted by atomic mass is 10.0. The van der Waals surface area contributed by atoms with E-state index >= 15 is 0 Å². The van der Waals surface area contributed by atoms with Crippen LogP contribution in [0, 0.1) is 0 Å². The van der Waals surface area contributed by atoms with Crippen LogP contribution in [0.1, 0.15) is 42.6 Å². The quantitative estimate of drug-likeness (QED) is 0.165. The van der Waals surface area contributed by atoms with E-state index in [4.69, 9.17) is 16.4 Å². The van der Waals surface area contributed by atoms with Gasteiger partial charge in [-0.05, 0) is 72.6 Å². The number of allylic oxidation sites excluding steroid dienone is 3. The number of thioether (sulfide) groups is 1. The van der Waals surface area contributed by atoms with Gasteiger partial charge in [0.05, 0.1) is 5.71 Å². The number of rotatable bonds is 13. The maximum atomic E-state index is 11.3. The maximum Gasteiger partial charge on any atom is 0.174 e. The second-order valence-corrected chi connectivity index (χ2v) is 12.2. The molecule has 0 bridgehead atoms. The fraction of sp³-hybridized carbons (Fsp3) is 0.250. The molecule has 2 unspecified atom stereocenters. The molecule has 1 N–H and O–H groups in total. The molecule has 4 rings (SSSR count). The van der Waals surface area contributed by atoms with Crippen LogP contribution in [0.25, 0.3) is 0 Å². The molecule has 0 aliphatic heterocycles. The first-order valence-corrected chi connectivity index (χ1v) is 15.1. The zero-order chi connectivity index (χ0) is 27.5. The van der Waals surface area contributed by atoms with Gasteiger partial charge in [0.25, 0.3) is 0 Å². The Morgan fingerprint density at radius 1 is 1.03 bits per heavy atom. The van der Waals surface area contributed by atoms with Crippen LogP contribution < -0.4 is 0 Å². The van der Waals surface area contributed by atoms with E-state index in [-0.39, 0.29) is 12.4 Å². The van der Waals surface area contributed by atoms with Crippen molar-refractivity contribution in [3.8, 4) is 0 Å².